The molecular weight excluding hydrogens is 200 g/mol. The van der Waals surface area contributed by atoms with Crippen LogP contribution in [0.4, 0.5) is 0 Å². The molecule has 1 rings (SSSR count). The SMILES string of the molecule is Cc1ccc(C(C#N)NCCCO)c(C)c1. The molecule has 1 aromatic carbocycles. The molecular formula is C13H18N2O. The largest absolute Gasteiger partial charge is 0.396 e. The Morgan fingerprint density at radius 1 is 1.44 bits per heavy atom. The van der Waals surface area contributed by atoms with E-state index in [1.807, 2.05) is 26.0 Å². The second-order valence-corrected chi connectivity index (χ2v) is 3.95. The molecule has 86 valence electrons. The van der Waals surface area contributed by atoms with E-state index >= 15 is 0 Å². The highest BCUT2D eigenvalue weighted by atomic mass is 16.3. The van der Waals surface area contributed by atoms with Gasteiger partial charge in [0.05, 0.1) is 6.07 Å². The van der Waals surface area contributed by atoms with Gasteiger partial charge in [-0.1, -0.05) is 23.8 Å². The van der Waals surface area contributed by atoms with E-state index in [9.17, 15) is 0 Å². The number of aliphatic hydroxyl groups is 1. The van der Waals surface area contributed by atoms with Gasteiger partial charge in [-0.15, -0.1) is 0 Å². The van der Waals surface area contributed by atoms with Crippen molar-refractivity contribution in [1.82, 2.24) is 5.32 Å². The van der Waals surface area contributed by atoms with Crippen molar-refractivity contribution in [1.29, 1.82) is 5.26 Å². The summed E-state index contributed by atoms with van der Waals surface area (Å²) in [5.41, 5.74) is 3.35. The van der Waals surface area contributed by atoms with E-state index in [1.165, 1.54) is 5.56 Å². The highest BCUT2D eigenvalue weighted by Gasteiger charge is 2.11. The van der Waals surface area contributed by atoms with E-state index in [-0.39, 0.29) is 12.6 Å². The van der Waals surface area contributed by atoms with Crippen LogP contribution in [0.3, 0.4) is 0 Å². The zero-order valence-corrected chi connectivity index (χ0v) is 9.83. The third kappa shape index (κ3) is 3.34. The summed E-state index contributed by atoms with van der Waals surface area (Å²) in [5.74, 6) is 0. The van der Waals surface area contributed by atoms with Crippen molar-refractivity contribution in [2.75, 3.05) is 13.2 Å². The van der Waals surface area contributed by atoms with Crippen molar-refractivity contribution < 1.29 is 5.11 Å². The second kappa shape index (κ2) is 6.26. The molecule has 0 saturated carbocycles. The van der Waals surface area contributed by atoms with E-state index < -0.39 is 0 Å². The highest BCUT2D eigenvalue weighted by molar-refractivity contribution is 5.35. The lowest BCUT2D eigenvalue weighted by Gasteiger charge is -2.14. The maximum absolute atomic E-state index is 9.10. The molecule has 16 heavy (non-hydrogen) atoms. The quantitative estimate of drug-likeness (QED) is 0.741. The predicted octanol–water partition coefficient (Wildman–Crippen LogP) is 1.84. The zero-order chi connectivity index (χ0) is 12.0. The lowest BCUT2D eigenvalue weighted by Crippen LogP contribution is -2.22. The van der Waals surface area contributed by atoms with Crippen LogP contribution >= 0.6 is 0 Å². The third-order valence-electron chi connectivity index (χ3n) is 2.55. The molecule has 3 heteroatoms. The summed E-state index contributed by atoms with van der Waals surface area (Å²) in [6, 6.07) is 8.04. The molecule has 2 N–H and O–H groups in total. The Morgan fingerprint density at radius 2 is 2.19 bits per heavy atom. The minimum atomic E-state index is -0.285. The predicted molar refractivity (Wildman–Crippen MR) is 64.0 cm³/mol. The Labute approximate surface area is 96.7 Å². The van der Waals surface area contributed by atoms with Gasteiger partial charge >= 0.3 is 0 Å². The fourth-order valence-electron chi connectivity index (χ4n) is 1.70. The Balaban J connectivity index is 2.76. The fraction of sp³-hybridized carbons (Fsp3) is 0.462. The van der Waals surface area contributed by atoms with Crippen molar-refractivity contribution in [2.24, 2.45) is 0 Å². The first-order valence-corrected chi connectivity index (χ1v) is 5.50. The molecule has 0 spiro atoms. The molecule has 0 saturated heterocycles. The van der Waals surface area contributed by atoms with Gasteiger partial charge in [0.1, 0.15) is 6.04 Å². The van der Waals surface area contributed by atoms with Crippen LogP contribution < -0.4 is 5.32 Å². The Hall–Kier alpha value is -1.37. The Kier molecular flexibility index (Phi) is 4.97. The van der Waals surface area contributed by atoms with Gasteiger partial charge < -0.3 is 5.11 Å². The van der Waals surface area contributed by atoms with Crippen LogP contribution in [0.15, 0.2) is 18.2 Å². The first-order chi connectivity index (χ1) is 7.69. The minimum Gasteiger partial charge on any atom is -0.396 e. The fourth-order valence-corrected chi connectivity index (χ4v) is 1.70. The number of aliphatic hydroxyl groups excluding tert-OH is 1. The minimum absolute atomic E-state index is 0.151. The topological polar surface area (TPSA) is 56.0 Å². The van der Waals surface area contributed by atoms with Gasteiger partial charge in [-0.05, 0) is 37.9 Å². The van der Waals surface area contributed by atoms with E-state index in [0.717, 1.165) is 11.1 Å². The molecule has 0 aliphatic rings. The van der Waals surface area contributed by atoms with Crippen LogP contribution in [-0.4, -0.2) is 18.3 Å². The number of hydrogen-bond donors (Lipinski definition) is 2. The molecule has 0 aromatic heterocycles. The number of benzene rings is 1. The standard InChI is InChI=1S/C13H18N2O/c1-10-4-5-12(11(2)8-10)13(9-14)15-6-3-7-16/h4-5,8,13,15-16H,3,6-7H2,1-2H3. The smallest absolute Gasteiger partial charge is 0.121 e. The second-order valence-electron chi connectivity index (χ2n) is 3.95. The summed E-state index contributed by atoms with van der Waals surface area (Å²) in [5, 5.41) is 20.9. The lowest BCUT2D eigenvalue weighted by atomic mass is 10.00. The van der Waals surface area contributed by atoms with Crippen molar-refractivity contribution >= 4 is 0 Å². The molecule has 0 heterocycles. The molecule has 0 aliphatic heterocycles. The summed E-state index contributed by atoms with van der Waals surface area (Å²) in [7, 11) is 0. The monoisotopic (exact) mass is 218 g/mol. The molecule has 1 unspecified atom stereocenters. The molecule has 0 fully saturated rings. The van der Waals surface area contributed by atoms with Crippen LogP contribution in [0.1, 0.15) is 29.2 Å². The summed E-state index contributed by atoms with van der Waals surface area (Å²) in [6.45, 7) is 4.86. The number of nitrogens with one attached hydrogen (secondary N) is 1. The molecule has 0 bridgehead atoms. The lowest BCUT2D eigenvalue weighted by molar-refractivity contribution is 0.285. The number of hydrogen-bond acceptors (Lipinski definition) is 3. The molecule has 1 aromatic rings. The molecule has 1 atom stereocenters. The molecule has 3 nitrogen and oxygen atoms in total. The normalized spacial score (nSPS) is 12.1. The summed E-state index contributed by atoms with van der Waals surface area (Å²) in [6.07, 6.45) is 0.670. The summed E-state index contributed by atoms with van der Waals surface area (Å²) < 4.78 is 0. The van der Waals surface area contributed by atoms with Crippen molar-refractivity contribution in [3.63, 3.8) is 0 Å². The van der Waals surface area contributed by atoms with Gasteiger partial charge in [0.15, 0.2) is 0 Å². The Bertz CT molecular complexity index is 382. The average molecular weight is 218 g/mol. The summed E-state index contributed by atoms with van der Waals surface area (Å²) >= 11 is 0. The molecule has 0 radical (unpaired) electrons. The third-order valence-corrected chi connectivity index (χ3v) is 2.55. The van der Waals surface area contributed by atoms with Crippen molar-refractivity contribution in [3.05, 3.63) is 34.9 Å². The van der Waals surface area contributed by atoms with Crippen LogP contribution in [0, 0.1) is 25.2 Å². The summed E-state index contributed by atoms with van der Waals surface area (Å²) in [4.78, 5) is 0. The van der Waals surface area contributed by atoms with E-state index in [4.69, 9.17) is 10.4 Å². The molecule has 0 aliphatic carbocycles. The maximum Gasteiger partial charge on any atom is 0.121 e. The number of rotatable bonds is 5. The van der Waals surface area contributed by atoms with Crippen molar-refractivity contribution in [2.45, 2.75) is 26.3 Å². The van der Waals surface area contributed by atoms with E-state index in [0.29, 0.717) is 13.0 Å². The van der Waals surface area contributed by atoms with Crippen LogP contribution in [0.25, 0.3) is 0 Å². The van der Waals surface area contributed by atoms with Gasteiger partial charge in [-0.2, -0.15) is 5.26 Å². The number of aryl methyl sites for hydroxylation is 2. The van der Waals surface area contributed by atoms with Gasteiger partial charge in [0, 0.05) is 6.61 Å². The van der Waals surface area contributed by atoms with Crippen LogP contribution in [0.5, 0.6) is 0 Å². The first kappa shape index (κ1) is 12.7. The maximum atomic E-state index is 9.10. The number of nitrogens with zero attached hydrogens (tertiary/aromatic N) is 1. The number of nitriles is 1. The van der Waals surface area contributed by atoms with Crippen LogP contribution in [-0.2, 0) is 0 Å². The van der Waals surface area contributed by atoms with Gasteiger partial charge in [-0.25, -0.2) is 0 Å². The zero-order valence-electron chi connectivity index (χ0n) is 9.83. The highest BCUT2D eigenvalue weighted by Crippen LogP contribution is 2.18. The van der Waals surface area contributed by atoms with E-state index in [1.54, 1.807) is 0 Å². The first-order valence-electron chi connectivity index (χ1n) is 5.50. The molecule has 0 amide bonds. The van der Waals surface area contributed by atoms with Crippen molar-refractivity contribution in [3.8, 4) is 6.07 Å². The van der Waals surface area contributed by atoms with Gasteiger partial charge in [0.25, 0.3) is 0 Å². The Morgan fingerprint density at radius 3 is 2.75 bits per heavy atom. The van der Waals surface area contributed by atoms with E-state index in [2.05, 4.69) is 17.5 Å². The van der Waals surface area contributed by atoms with Gasteiger partial charge in [0.2, 0.25) is 0 Å². The average Bonchev–Trinajstić information content (AvgIpc) is 2.26. The van der Waals surface area contributed by atoms with Crippen LogP contribution in [0.2, 0.25) is 0 Å². The van der Waals surface area contributed by atoms with Gasteiger partial charge in [-0.3, -0.25) is 5.32 Å².